The Balaban J connectivity index is 2.97. The van der Waals surface area contributed by atoms with Gasteiger partial charge in [-0.25, -0.2) is 19.2 Å². The second-order valence-corrected chi connectivity index (χ2v) is 6.50. The lowest BCUT2D eigenvalue weighted by Gasteiger charge is -2.15. The van der Waals surface area contributed by atoms with E-state index in [0.717, 1.165) is 0 Å². The fraction of sp³-hybridized carbons (Fsp3) is 0.444. The van der Waals surface area contributed by atoms with E-state index >= 15 is 0 Å². The number of ether oxygens (including phenoxy) is 2. The Morgan fingerprint density at radius 3 is 1.31 bits per heavy atom. The number of nitrogens with two attached hydrogens (primary N) is 2. The van der Waals surface area contributed by atoms with Gasteiger partial charge >= 0.3 is 23.9 Å². The van der Waals surface area contributed by atoms with Crippen LogP contribution in [0.5, 0.6) is 0 Å². The average molecular weight is 364 g/mol. The second-order valence-electron chi connectivity index (χ2n) is 6.50. The van der Waals surface area contributed by atoms with Crippen LogP contribution in [0, 0.1) is 11.8 Å². The lowest BCUT2D eigenvalue weighted by molar-refractivity contribution is -0.141. The number of hydrogen-bond donors (Lipinski definition) is 2. The summed E-state index contributed by atoms with van der Waals surface area (Å²) < 4.78 is 9.44. The molecule has 1 aromatic carbocycles. The van der Waals surface area contributed by atoms with E-state index in [0.29, 0.717) is 0 Å². The first kappa shape index (κ1) is 21.5. The van der Waals surface area contributed by atoms with Crippen LogP contribution in [0.4, 0.5) is 0 Å². The maximum atomic E-state index is 12.2. The minimum Gasteiger partial charge on any atom is -0.388 e. The predicted molar refractivity (Wildman–Crippen MR) is 92.9 cm³/mol. The topological polar surface area (TPSA) is 139 Å². The molecule has 2 atom stereocenters. The summed E-state index contributed by atoms with van der Waals surface area (Å²) in [6.45, 7) is 6.80. The second kappa shape index (κ2) is 9.21. The molecule has 1 aromatic rings. The maximum Gasteiger partial charge on any atom is 0.346 e. The van der Waals surface area contributed by atoms with Crippen LogP contribution in [0.2, 0.25) is 0 Å². The van der Waals surface area contributed by atoms with Crippen molar-refractivity contribution in [1.29, 1.82) is 0 Å². The molecule has 0 aliphatic carbocycles. The Hall–Kier alpha value is -2.58. The number of carbonyl (C=O) groups excluding carboxylic acids is 4. The molecule has 4 N–H and O–H groups in total. The van der Waals surface area contributed by atoms with E-state index in [9.17, 15) is 19.2 Å². The molecule has 26 heavy (non-hydrogen) atoms. The summed E-state index contributed by atoms with van der Waals surface area (Å²) in [5.74, 6) is -4.40. The van der Waals surface area contributed by atoms with Crippen LogP contribution in [0.1, 0.15) is 48.4 Å². The van der Waals surface area contributed by atoms with Crippen LogP contribution < -0.4 is 11.5 Å². The molecule has 0 aliphatic heterocycles. The van der Waals surface area contributed by atoms with Crippen LogP contribution in [-0.2, 0) is 19.1 Å². The predicted octanol–water partition coefficient (Wildman–Crippen LogP) is 1.02. The summed E-state index contributed by atoms with van der Waals surface area (Å²) in [6, 6.07) is 3.54. The quantitative estimate of drug-likeness (QED) is 0.563. The van der Waals surface area contributed by atoms with Gasteiger partial charge in [0.15, 0.2) is 0 Å². The average Bonchev–Trinajstić information content (AvgIpc) is 2.59. The summed E-state index contributed by atoms with van der Waals surface area (Å²) in [5.41, 5.74) is 10.8. The Bertz CT molecular complexity index is 640. The van der Waals surface area contributed by atoms with E-state index in [-0.39, 0.29) is 23.0 Å². The van der Waals surface area contributed by atoms with Crippen molar-refractivity contribution in [3.8, 4) is 0 Å². The third kappa shape index (κ3) is 5.47. The largest absolute Gasteiger partial charge is 0.388 e. The van der Waals surface area contributed by atoms with E-state index in [1.807, 2.05) is 0 Å². The lowest BCUT2D eigenvalue weighted by Crippen LogP contribution is -2.39. The van der Waals surface area contributed by atoms with Crippen molar-refractivity contribution < 1.29 is 28.7 Å². The highest BCUT2D eigenvalue weighted by molar-refractivity contribution is 6.08. The number of benzene rings is 1. The van der Waals surface area contributed by atoms with Crippen LogP contribution in [0.3, 0.4) is 0 Å². The minimum absolute atomic E-state index is 0.215. The molecule has 1 rings (SSSR count). The number of hydrogen-bond acceptors (Lipinski definition) is 8. The lowest BCUT2D eigenvalue weighted by atomic mass is 10.1. The third-order valence-corrected chi connectivity index (χ3v) is 3.73. The van der Waals surface area contributed by atoms with Gasteiger partial charge in [-0.3, -0.25) is 0 Å². The van der Waals surface area contributed by atoms with E-state index in [2.05, 4.69) is 0 Å². The zero-order valence-electron chi connectivity index (χ0n) is 15.2. The Labute approximate surface area is 151 Å². The van der Waals surface area contributed by atoms with Crippen molar-refractivity contribution in [2.75, 3.05) is 0 Å². The Kier molecular flexibility index (Phi) is 7.60. The van der Waals surface area contributed by atoms with Gasteiger partial charge in [0, 0.05) is 0 Å². The SMILES string of the molecule is CC(C)[C@H](N)C(=O)OC(=O)c1ccccc1C(=O)OC(=O)[C@@H](N)C(C)C. The number of carbonyl (C=O) groups is 4. The highest BCUT2D eigenvalue weighted by Gasteiger charge is 2.28. The van der Waals surface area contributed by atoms with Crippen molar-refractivity contribution in [1.82, 2.24) is 0 Å². The fourth-order valence-corrected chi connectivity index (χ4v) is 1.81. The number of rotatable bonds is 6. The summed E-state index contributed by atoms with van der Waals surface area (Å²) in [7, 11) is 0. The molecule has 0 spiro atoms. The van der Waals surface area contributed by atoms with Gasteiger partial charge in [0.05, 0.1) is 11.1 Å². The fourth-order valence-electron chi connectivity index (χ4n) is 1.81. The molecule has 8 heteroatoms. The zero-order chi connectivity index (χ0) is 20.0. The Morgan fingerprint density at radius 2 is 1.04 bits per heavy atom. The molecular formula is C18H24N2O6. The van der Waals surface area contributed by atoms with Gasteiger partial charge in [-0.05, 0) is 24.0 Å². The highest BCUT2D eigenvalue weighted by Crippen LogP contribution is 2.14. The molecule has 142 valence electrons. The zero-order valence-corrected chi connectivity index (χ0v) is 15.2. The maximum absolute atomic E-state index is 12.2. The Morgan fingerprint density at radius 1 is 0.731 bits per heavy atom. The van der Waals surface area contributed by atoms with Crippen molar-refractivity contribution in [3.63, 3.8) is 0 Å². The van der Waals surface area contributed by atoms with Gasteiger partial charge in [-0.1, -0.05) is 39.8 Å². The summed E-state index contributed by atoms with van der Waals surface area (Å²) in [6.07, 6.45) is 0. The van der Waals surface area contributed by atoms with Gasteiger partial charge in [0.2, 0.25) is 0 Å². The molecule has 0 aromatic heterocycles. The van der Waals surface area contributed by atoms with Crippen LogP contribution in [0.25, 0.3) is 0 Å². The van der Waals surface area contributed by atoms with Crippen LogP contribution in [0.15, 0.2) is 24.3 Å². The van der Waals surface area contributed by atoms with Crippen molar-refractivity contribution in [2.24, 2.45) is 23.3 Å². The van der Waals surface area contributed by atoms with E-state index in [4.69, 9.17) is 20.9 Å². The van der Waals surface area contributed by atoms with Gasteiger partial charge in [0.1, 0.15) is 12.1 Å². The standard InChI is InChI=1S/C18H24N2O6/c1-9(2)13(19)17(23)25-15(21)11-7-5-6-8-12(11)16(22)26-18(24)14(20)10(3)4/h5-10,13-14H,19-20H2,1-4H3/t13-,14-/m0/s1. The first-order valence-corrected chi connectivity index (χ1v) is 8.18. The van der Waals surface area contributed by atoms with Gasteiger partial charge in [0.25, 0.3) is 0 Å². The molecule has 8 nitrogen and oxygen atoms in total. The first-order valence-electron chi connectivity index (χ1n) is 8.18. The van der Waals surface area contributed by atoms with Crippen molar-refractivity contribution in [2.45, 2.75) is 39.8 Å². The summed E-state index contributed by atoms with van der Waals surface area (Å²) >= 11 is 0. The third-order valence-electron chi connectivity index (χ3n) is 3.73. The molecule has 0 aliphatic rings. The van der Waals surface area contributed by atoms with Gasteiger partial charge in [-0.15, -0.1) is 0 Å². The highest BCUT2D eigenvalue weighted by atomic mass is 16.6. The van der Waals surface area contributed by atoms with Gasteiger partial charge < -0.3 is 20.9 Å². The molecule has 0 fully saturated rings. The van der Waals surface area contributed by atoms with Crippen LogP contribution >= 0.6 is 0 Å². The molecule has 0 saturated heterocycles. The van der Waals surface area contributed by atoms with Gasteiger partial charge in [-0.2, -0.15) is 0 Å². The smallest absolute Gasteiger partial charge is 0.346 e. The molecule has 0 radical (unpaired) electrons. The molecule has 0 saturated carbocycles. The molecule has 0 bridgehead atoms. The van der Waals surface area contributed by atoms with Crippen molar-refractivity contribution in [3.05, 3.63) is 35.4 Å². The van der Waals surface area contributed by atoms with Crippen LogP contribution in [-0.4, -0.2) is 36.0 Å². The molecule has 0 unspecified atom stereocenters. The monoisotopic (exact) mass is 364 g/mol. The summed E-state index contributed by atoms with van der Waals surface area (Å²) in [4.78, 5) is 48.1. The number of esters is 4. The normalized spacial score (nSPS) is 13.2. The summed E-state index contributed by atoms with van der Waals surface area (Å²) in [5, 5.41) is 0. The molecule has 0 amide bonds. The molecule has 0 heterocycles. The molecular weight excluding hydrogens is 340 g/mol. The van der Waals surface area contributed by atoms with E-state index in [1.54, 1.807) is 27.7 Å². The van der Waals surface area contributed by atoms with E-state index < -0.39 is 36.0 Å². The van der Waals surface area contributed by atoms with E-state index in [1.165, 1.54) is 24.3 Å². The van der Waals surface area contributed by atoms with Crippen molar-refractivity contribution >= 4 is 23.9 Å². The first-order chi connectivity index (χ1) is 12.1. The minimum atomic E-state index is -1.06.